The third-order valence-corrected chi connectivity index (χ3v) is 5.26. The van der Waals surface area contributed by atoms with Crippen molar-refractivity contribution < 1.29 is 14.1 Å². The summed E-state index contributed by atoms with van der Waals surface area (Å²) in [6, 6.07) is 5.10. The normalized spacial score (nSPS) is 17.6. The van der Waals surface area contributed by atoms with E-state index < -0.39 is 11.9 Å². The average molecular weight is 423 g/mol. The van der Waals surface area contributed by atoms with E-state index in [-0.39, 0.29) is 28.2 Å². The van der Waals surface area contributed by atoms with Crippen molar-refractivity contribution in [1.82, 2.24) is 15.2 Å². The molecule has 1 aliphatic rings. The van der Waals surface area contributed by atoms with Crippen LogP contribution in [0.4, 0.5) is 0 Å². The second-order valence-electron chi connectivity index (χ2n) is 6.58. The van der Waals surface area contributed by atoms with E-state index in [9.17, 15) is 10.0 Å². The molecule has 28 heavy (non-hydrogen) atoms. The predicted octanol–water partition coefficient (Wildman–Crippen LogP) is 4.93. The smallest absolute Gasteiger partial charge is 0.336 e. The van der Waals surface area contributed by atoms with E-state index in [2.05, 4.69) is 10.1 Å². The van der Waals surface area contributed by atoms with Crippen LogP contribution in [0.1, 0.15) is 45.0 Å². The van der Waals surface area contributed by atoms with Gasteiger partial charge < -0.3 is 19.5 Å². The molecule has 0 radical (unpaired) electrons. The van der Waals surface area contributed by atoms with Crippen LogP contribution < -0.4 is 0 Å². The number of halogens is 2. The van der Waals surface area contributed by atoms with Crippen molar-refractivity contribution in [2.75, 3.05) is 0 Å². The fraction of sp³-hybridized carbons (Fsp3) is 0.316. The Morgan fingerprint density at radius 1 is 1.29 bits per heavy atom. The largest absolute Gasteiger partial charge is 0.754 e. The maximum atomic E-state index is 13.0. The maximum absolute atomic E-state index is 13.0. The van der Waals surface area contributed by atoms with E-state index in [0.717, 1.165) is 6.39 Å². The molecule has 1 aromatic carbocycles. The number of nitrogens with zero attached hydrogens (tertiary/aromatic N) is 3. The Morgan fingerprint density at radius 3 is 2.61 bits per heavy atom. The molecule has 0 fully saturated rings. The molecule has 1 aromatic heterocycles. The summed E-state index contributed by atoms with van der Waals surface area (Å²) in [4.78, 5) is 17.0. The zero-order valence-electron chi connectivity index (χ0n) is 15.7. The molecule has 9 heteroatoms. The number of allylic oxidation sites excluding steroid dienone is 3. The minimum absolute atomic E-state index is 0.151. The molecule has 1 atom stereocenters. The van der Waals surface area contributed by atoms with Crippen molar-refractivity contribution in [3.8, 4) is 0 Å². The first-order valence-corrected chi connectivity index (χ1v) is 9.30. The molecule has 7 nitrogen and oxygen atoms in total. The molecule has 0 amide bonds. The van der Waals surface area contributed by atoms with Crippen molar-refractivity contribution >= 4 is 34.7 Å². The van der Waals surface area contributed by atoms with Crippen LogP contribution in [-0.4, -0.2) is 27.3 Å². The fourth-order valence-electron chi connectivity index (χ4n) is 3.21. The third-order valence-electron chi connectivity index (χ3n) is 4.42. The van der Waals surface area contributed by atoms with E-state index in [1.54, 1.807) is 45.9 Å². The van der Waals surface area contributed by atoms with Gasteiger partial charge in [0.05, 0.1) is 21.7 Å². The monoisotopic (exact) mass is 422 g/mol. The van der Waals surface area contributed by atoms with Crippen LogP contribution in [-0.2, 0) is 9.53 Å². The van der Waals surface area contributed by atoms with Crippen molar-refractivity contribution in [3.05, 3.63) is 68.2 Å². The Bertz CT molecular complexity index is 968. The predicted molar refractivity (Wildman–Crippen MR) is 105 cm³/mol. The number of hydrogen-bond acceptors (Lipinski definition) is 7. The molecule has 1 unspecified atom stereocenters. The molecule has 1 aliphatic heterocycles. The SMILES string of the molecule is CC1=C(C(=O)OC(C)C)C(c2cccc(Cl)c2Cl)C(c2ncon2)=C(C)N1[O-]. The number of rotatable bonds is 4. The Morgan fingerprint density at radius 2 is 2.00 bits per heavy atom. The number of benzene rings is 1. The van der Waals surface area contributed by atoms with Gasteiger partial charge in [0.2, 0.25) is 12.2 Å². The van der Waals surface area contributed by atoms with Crippen LogP contribution in [0.15, 0.2) is 46.1 Å². The van der Waals surface area contributed by atoms with Gasteiger partial charge in [-0.2, -0.15) is 4.98 Å². The standard InChI is InChI=1S/C19H18Cl2N3O4/c1-9(2)28-19(25)15-11(4)24(26)10(3)14(18-22-8-27-23-18)16(15)12-6-5-7-13(20)17(12)21/h5-9,16H,1-4H3/q-1. The number of carbonyl (C=O) groups excluding carboxylic acids is 1. The molecule has 0 bridgehead atoms. The number of hydrogen-bond donors (Lipinski definition) is 0. The quantitative estimate of drug-likeness (QED) is 0.644. The lowest BCUT2D eigenvalue weighted by Gasteiger charge is -2.42. The van der Waals surface area contributed by atoms with Crippen molar-refractivity contribution in [2.45, 2.75) is 39.7 Å². The minimum Gasteiger partial charge on any atom is -0.754 e. The van der Waals surface area contributed by atoms with Gasteiger partial charge in [-0.25, -0.2) is 4.79 Å². The number of carbonyl (C=O) groups is 1. The summed E-state index contributed by atoms with van der Waals surface area (Å²) in [6.45, 7) is 6.65. The Kier molecular flexibility index (Phi) is 5.79. The van der Waals surface area contributed by atoms with Gasteiger partial charge in [-0.1, -0.05) is 40.5 Å². The van der Waals surface area contributed by atoms with Crippen LogP contribution in [0.2, 0.25) is 10.0 Å². The second-order valence-corrected chi connectivity index (χ2v) is 7.36. The summed E-state index contributed by atoms with van der Waals surface area (Å²) in [5, 5.41) is 17.9. The lowest BCUT2D eigenvalue weighted by Crippen LogP contribution is -2.30. The molecule has 2 aromatic rings. The van der Waals surface area contributed by atoms with Crippen LogP contribution in [0.3, 0.4) is 0 Å². The van der Waals surface area contributed by atoms with E-state index in [1.807, 2.05) is 0 Å². The van der Waals surface area contributed by atoms with Crippen LogP contribution in [0, 0.1) is 5.21 Å². The van der Waals surface area contributed by atoms with Gasteiger partial charge in [0.1, 0.15) is 0 Å². The summed E-state index contributed by atoms with van der Waals surface area (Å²) in [6.07, 6.45) is 0.780. The molecule has 148 valence electrons. The second kappa shape index (κ2) is 7.95. The van der Waals surface area contributed by atoms with Gasteiger partial charge in [-0.05, 0) is 39.3 Å². The van der Waals surface area contributed by atoms with Crippen LogP contribution >= 0.6 is 23.2 Å². The van der Waals surface area contributed by atoms with Gasteiger partial charge in [0.15, 0.2) is 0 Å². The van der Waals surface area contributed by atoms with Gasteiger partial charge in [-0.3, -0.25) is 0 Å². The number of hydroxylamine groups is 2. The topological polar surface area (TPSA) is 91.5 Å². The number of esters is 1. The number of ether oxygens (including phenoxy) is 1. The Labute approximate surface area is 172 Å². The third kappa shape index (κ3) is 3.53. The van der Waals surface area contributed by atoms with Gasteiger partial charge in [0, 0.05) is 22.9 Å². The molecular weight excluding hydrogens is 405 g/mol. The molecular formula is C19H18Cl2N3O4-. The van der Waals surface area contributed by atoms with Crippen LogP contribution in [0.25, 0.3) is 5.57 Å². The van der Waals surface area contributed by atoms with E-state index in [1.165, 1.54) is 0 Å². The summed E-state index contributed by atoms with van der Waals surface area (Å²) < 4.78 is 10.3. The first kappa shape index (κ1) is 20.4. The van der Waals surface area contributed by atoms with Crippen LogP contribution in [0.5, 0.6) is 0 Å². The maximum Gasteiger partial charge on any atom is 0.336 e. The van der Waals surface area contributed by atoms with Crippen molar-refractivity contribution in [1.29, 1.82) is 0 Å². The summed E-state index contributed by atoms with van der Waals surface area (Å²) in [5.74, 6) is -1.19. The highest BCUT2D eigenvalue weighted by Gasteiger charge is 2.38. The first-order chi connectivity index (χ1) is 13.2. The molecule has 0 saturated heterocycles. The van der Waals surface area contributed by atoms with E-state index in [4.69, 9.17) is 32.5 Å². The highest BCUT2D eigenvalue weighted by molar-refractivity contribution is 6.42. The summed E-state index contributed by atoms with van der Waals surface area (Å²) in [7, 11) is 0. The molecule has 3 rings (SSSR count). The first-order valence-electron chi connectivity index (χ1n) is 8.54. The highest BCUT2D eigenvalue weighted by Crippen LogP contribution is 2.48. The molecule has 0 spiro atoms. The zero-order chi connectivity index (χ0) is 20.6. The van der Waals surface area contributed by atoms with Crippen molar-refractivity contribution in [2.24, 2.45) is 0 Å². The summed E-state index contributed by atoms with van der Waals surface area (Å²) >= 11 is 12.7. The lowest BCUT2D eigenvalue weighted by atomic mass is 9.80. The minimum atomic E-state index is -0.750. The zero-order valence-corrected chi connectivity index (χ0v) is 17.2. The fourth-order valence-corrected chi connectivity index (χ4v) is 3.63. The van der Waals surface area contributed by atoms with E-state index >= 15 is 0 Å². The van der Waals surface area contributed by atoms with Gasteiger partial charge in [-0.15, -0.1) is 0 Å². The van der Waals surface area contributed by atoms with E-state index in [0.29, 0.717) is 26.9 Å². The average Bonchev–Trinajstić information content (AvgIpc) is 3.15. The molecule has 2 heterocycles. The molecule has 0 aliphatic carbocycles. The molecule has 0 N–H and O–H groups in total. The molecule has 0 saturated carbocycles. The van der Waals surface area contributed by atoms with Gasteiger partial charge in [0.25, 0.3) is 0 Å². The van der Waals surface area contributed by atoms with Crippen molar-refractivity contribution in [3.63, 3.8) is 0 Å². The highest BCUT2D eigenvalue weighted by atomic mass is 35.5. The summed E-state index contributed by atoms with van der Waals surface area (Å²) in [5.41, 5.74) is 1.61. The Hall–Kier alpha value is -2.35. The van der Waals surface area contributed by atoms with Gasteiger partial charge >= 0.3 is 5.97 Å². The lowest BCUT2D eigenvalue weighted by molar-refractivity contribution is -0.143. The number of aromatic nitrogens is 2. The Balaban J connectivity index is 2.30.